The van der Waals surface area contributed by atoms with E-state index in [0.717, 1.165) is 11.3 Å². The zero-order valence-corrected chi connectivity index (χ0v) is 11.3. The predicted octanol–water partition coefficient (Wildman–Crippen LogP) is 1.57. The molecule has 0 fully saturated rings. The summed E-state index contributed by atoms with van der Waals surface area (Å²) in [4.78, 5) is 22.8. The number of ether oxygens (including phenoxy) is 1. The fourth-order valence-corrected chi connectivity index (χ4v) is 1.49. The molecule has 104 valence electrons. The van der Waals surface area contributed by atoms with Crippen LogP contribution in [0.2, 0.25) is 0 Å². The van der Waals surface area contributed by atoms with Gasteiger partial charge in [0.1, 0.15) is 0 Å². The summed E-state index contributed by atoms with van der Waals surface area (Å²) in [6, 6.07) is 7.74. The molecule has 7 heteroatoms. The summed E-state index contributed by atoms with van der Waals surface area (Å²) in [6.07, 6.45) is 0. The Morgan fingerprint density at radius 3 is 2.60 bits per heavy atom. The lowest BCUT2D eigenvalue weighted by Gasteiger charge is -2.07. The maximum atomic E-state index is 10.8. The summed E-state index contributed by atoms with van der Waals surface area (Å²) >= 11 is 0. The molecule has 7 nitrogen and oxygen atoms in total. The summed E-state index contributed by atoms with van der Waals surface area (Å²) in [5, 5.41) is 3.02. The highest BCUT2D eigenvalue weighted by Crippen LogP contribution is 2.14. The van der Waals surface area contributed by atoms with Crippen LogP contribution >= 0.6 is 0 Å². The number of anilines is 3. The average Bonchev–Trinajstić information content (AvgIpc) is 2.38. The second-order valence-electron chi connectivity index (χ2n) is 4.20. The smallest absolute Gasteiger partial charge is 0.303 e. The van der Waals surface area contributed by atoms with Crippen molar-refractivity contribution < 1.29 is 9.53 Å². The fraction of sp³-hybridized carbons (Fsp3) is 0.231. The third kappa shape index (κ3) is 3.91. The van der Waals surface area contributed by atoms with E-state index in [-0.39, 0.29) is 12.6 Å². The molecule has 0 amide bonds. The number of carbonyl (C=O) groups excluding carboxylic acids is 1. The third-order valence-corrected chi connectivity index (χ3v) is 2.41. The van der Waals surface area contributed by atoms with Gasteiger partial charge in [-0.3, -0.25) is 4.79 Å². The Balaban J connectivity index is 2.14. The molecule has 1 heterocycles. The Labute approximate surface area is 116 Å². The zero-order valence-electron chi connectivity index (χ0n) is 11.3. The number of nitrogens with two attached hydrogens (primary N) is 1. The van der Waals surface area contributed by atoms with Crippen molar-refractivity contribution in [2.75, 3.05) is 11.1 Å². The molecule has 0 atom stereocenters. The molecule has 0 radical (unpaired) electrons. The minimum Gasteiger partial charge on any atom is -0.458 e. The maximum absolute atomic E-state index is 10.8. The number of nitrogens with one attached hydrogen (secondary N) is 1. The molecule has 0 spiro atoms. The van der Waals surface area contributed by atoms with Crippen molar-refractivity contribution in [1.82, 2.24) is 15.0 Å². The van der Waals surface area contributed by atoms with E-state index in [2.05, 4.69) is 20.3 Å². The van der Waals surface area contributed by atoms with Crippen LogP contribution in [0.15, 0.2) is 24.3 Å². The molecule has 2 rings (SSSR count). The van der Waals surface area contributed by atoms with Gasteiger partial charge in [-0.1, -0.05) is 17.7 Å². The maximum Gasteiger partial charge on any atom is 0.303 e. The number of nitrogen functional groups attached to an aromatic ring is 1. The largest absolute Gasteiger partial charge is 0.458 e. The highest BCUT2D eigenvalue weighted by Gasteiger charge is 2.06. The molecule has 1 aromatic heterocycles. The molecular formula is C13H15N5O2. The molecule has 3 N–H and O–H groups in total. The molecule has 0 saturated heterocycles. The van der Waals surface area contributed by atoms with E-state index in [4.69, 9.17) is 10.5 Å². The standard InChI is InChI=1S/C13H15N5O2/c1-8-3-5-10(6-4-8)15-13-17-11(7-20-9(2)19)16-12(14)18-13/h3-6H,7H2,1-2H3,(H3,14,15,16,17,18). The quantitative estimate of drug-likeness (QED) is 0.815. The van der Waals surface area contributed by atoms with Gasteiger partial charge >= 0.3 is 5.97 Å². The minimum atomic E-state index is -0.406. The van der Waals surface area contributed by atoms with Gasteiger partial charge in [-0.05, 0) is 19.1 Å². The number of hydrogen-bond donors (Lipinski definition) is 2. The lowest BCUT2D eigenvalue weighted by atomic mass is 10.2. The molecule has 0 saturated carbocycles. The number of hydrogen-bond acceptors (Lipinski definition) is 7. The van der Waals surface area contributed by atoms with Crippen LogP contribution in [0.5, 0.6) is 0 Å². The zero-order chi connectivity index (χ0) is 14.5. The molecule has 20 heavy (non-hydrogen) atoms. The van der Waals surface area contributed by atoms with Crippen LogP contribution in [0.1, 0.15) is 18.3 Å². The van der Waals surface area contributed by atoms with Crippen molar-refractivity contribution in [2.45, 2.75) is 20.5 Å². The number of nitrogens with zero attached hydrogens (tertiary/aromatic N) is 3. The summed E-state index contributed by atoms with van der Waals surface area (Å²) in [5.74, 6) is 0.264. The number of carbonyl (C=O) groups is 1. The van der Waals surface area contributed by atoms with E-state index in [0.29, 0.717) is 11.8 Å². The number of esters is 1. The van der Waals surface area contributed by atoms with Crippen molar-refractivity contribution in [3.8, 4) is 0 Å². The van der Waals surface area contributed by atoms with Crippen LogP contribution in [0.3, 0.4) is 0 Å². The highest BCUT2D eigenvalue weighted by atomic mass is 16.5. The van der Waals surface area contributed by atoms with E-state index >= 15 is 0 Å². The topological polar surface area (TPSA) is 103 Å². The van der Waals surface area contributed by atoms with Gasteiger partial charge in [-0.25, -0.2) is 0 Å². The number of aryl methyl sites for hydroxylation is 1. The molecular weight excluding hydrogens is 258 g/mol. The Morgan fingerprint density at radius 2 is 1.95 bits per heavy atom. The predicted molar refractivity (Wildman–Crippen MR) is 74.2 cm³/mol. The average molecular weight is 273 g/mol. The van der Waals surface area contributed by atoms with Gasteiger partial charge in [0.2, 0.25) is 11.9 Å². The first kappa shape index (κ1) is 13.7. The van der Waals surface area contributed by atoms with Gasteiger partial charge in [0.15, 0.2) is 12.4 Å². The van der Waals surface area contributed by atoms with Gasteiger partial charge in [0, 0.05) is 12.6 Å². The van der Waals surface area contributed by atoms with E-state index in [1.807, 2.05) is 31.2 Å². The van der Waals surface area contributed by atoms with Crippen LogP contribution in [-0.2, 0) is 16.1 Å². The Morgan fingerprint density at radius 1 is 1.25 bits per heavy atom. The molecule has 0 aliphatic heterocycles. The van der Waals surface area contributed by atoms with Crippen LogP contribution < -0.4 is 11.1 Å². The van der Waals surface area contributed by atoms with Gasteiger partial charge in [0.25, 0.3) is 0 Å². The molecule has 0 unspecified atom stereocenters. The van der Waals surface area contributed by atoms with Crippen molar-refractivity contribution in [3.05, 3.63) is 35.7 Å². The SMILES string of the molecule is CC(=O)OCc1nc(N)nc(Nc2ccc(C)cc2)n1. The van der Waals surface area contributed by atoms with Crippen LogP contribution in [0, 0.1) is 6.92 Å². The molecule has 0 bridgehead atoms. The van der Waals surface area contributed by atoms with Gasteiger partial charge in [-0.15, -0.1) is 0 Å². The minimum absolute atomic E-state index is 0.0371. The Bertz CT molecular complexity index is 613. The van der Waals surface area contributed by atoms with Crippen LogP contribution in [0.4, 0.5) is 17.6 Å². The van der Waals surface area contributed by atoms with Crippen molar-refractivity contribution in [1.29, 1.82) is 0 Å². The first-order chi connectivity index (χ1) is 9.52. The lowest BCUT2D eigenvalue weighted by Crippen LogP contribution is -2.09. The van der Waals surface area contributed by atoms with E-state index in [9.17, 15) is 4.79 Å². The molecule has 0 aliphatic rings. The first-order valence-corrected chi connectivity index (χ1v) is 6.00. The number of rotatable bonds is 4. The molecule has 1 aromatic carbocycles. The second-order valence-corrected chi connectivity index (χ2v) is 4.20. The lowest BCUT2D eigenvalue weighted by molar-refractivity contribution is -0.142. The summed E-state index contributed by atoms with van der Waals surface area (Å²) in [5.41, 5.74) is 7.59. The summed E-state index contributed by atoms with van der Waals surface area (Å²) in [6.45, 7) is 3.28. The normalized spacial score (nSPS) is 10.1. The first-order valence-electron chi connectivity index (χ1n) is 6.00. The van der Waals surface area contributed by atoms with Gasteiger partial charge in [0.05, 0.1) is 0 Å². The highest BCUT2D eigenvalue weighted by molar-refractivity contribution is 5.65. The van der Waals surface area contributed by atoms with Crippen molar-refractivity contribution >= 4 is 23.6 Å². The van der Waals surface area contributed by atoms with Crippen LogP contribution in [-0.4, -0.2) is 20.9 Å². The van der Waals surface area contributed by atoms with Gasteiger partial charge in [-0.2, -0.15) is 15.0 Å². The fourth-order valence-electron chi connectivity index (χ4n) is 1.49. The second kappa shape index (κ2) is 5.96. The monoisotopic (exact) mass is 273 g/mol. The van der Waals surface area contributed by atoms with Crippen LogP contribution in [0.25, 0.3) is 0 Å². The Hall–Kier alpha value is -2.70. The summed E-state index contributed by atoms with van der Waals surface area (Å²) in [7, 11) is 0. The van der Waals surface area contributed by atoms with Crippen molar-refractivity contribution in [3.63, 3.8) is 0 Å². The summed E-state index contributed by atoms with van der Waals surface area (Å²) < 4.78 is 4.83. The molecule has 2 aromatic rings. The third-order valence-electron chi connectivity index (χ3n) is 2.41. The van der Waals surface area contributed by atoms with E-state index in [1.165, 1.54) is 6.92 Å². The van der Waals surface area contributed by atoms with Gasteiger partial charge < -0.3 is 15.8 Å². The van der Waals surface area contributed by atoms with Crippen molar-refractivity contribution in [2.24, 2.45) is 0 Å². The van der Waals surface area contributed by atoms with E-state index in [1.54, 1.807) is 0 Å². The Kier molecular flexibility index (Phi) is 4.09. The number of benzene rings is 1. The number of aromatic nitrogens is 3. The van der Waals surface area contributed by atoms with E-state index < -0.39 is 5.97 Å². The molecule has 0 aliphatic carbocycles.